The van der Waals surface area contributed by atoms with Gasteiger partial charge in [0, 0.05) is 0 Å². The van der Waals surface area contributed by atoms with Crippen molar-refractivity contribution in [2.75, 3.05) is 7.11 Å². The summed E-state index contributed by atoms with van der Waals surface area (Å²) in [6, 6.07) is 9.05. The van der Waals surface area contributed by atoms with Crippen molar-refractivity contribution < 1.29 is 13.2 Å². The first-order valence-corrected chi connectivity index (χ1v) is 5.38. The van der Waals surface area contributed by atoms with Gasteiger partial charge in [-0.1, -0.05) is 6.07 Å². The molecule has 0 spiro atoms. The van der Waals surface area contributed by atoms with E-state index in [1.807, 2.05) is 15.7 Å². The lowest BCUT2D eigenvalue weighted by molar-refractivity contribution is 0.414. The van der Waals surface area contributed by atoms with E-state index in [4.69, 9.17) is 10.00 Å². The van der Waals surface area contributed by atoms with Gasteiger partial charge in [0.05, 0.1) is 18.7 Å². The van der Waals surface area contributed by atoms with E-state index < -0.39 is 10.2 Å². The Kier molecular flexibility index (Phi) is 3.62. The first-order valence-electron chi connectivity index (χ1n) is 3.90. The average Bonchev–Trinajstić information content (AvgIpc) is 2.95. The monoisotopic (exact) mass is 227 g/mol. The molecule has 1 aliphatic heterocycles. The minimum atomic E-state index is -2.92. The van der Waals surface area contributed by atoms with Crippen LogP contribution >= 0.6 is 0 Å². The van der Waals surface area contributed by atoms with Gasteiger partial charge in [-0.25, -0.2) is 0 Å². The van der Waals surface area contributed by atoms with Crippen LogP contribution in [-0.2, 0) is 10.2 Å². The third kappa shape index (κ3) is 4.42. The lowest BCUT2D eigenvalue weighted by Crippen LogP contribution is -1.82. The van der Waals surface area contributed by atoms with Crippen LogP contribution in [0.5, 0.6) is 5.75 Å². The zero-order valence-electron chi connectivity index (χ0n) is 7.89. The number of hydrogen-bond acceptors (Lipinski definition) is 4. The van der Waals surface area contributed by atoms with E-state index in [1.165, 1.54) is 0 Å². The molecule has 0 amide bonds. The normalized spacial score (nSPS) is 15.5. The summed E-state index contributed by atoms with van der Waals surface area (Å²) in [7, 11) is -1.34. The van der Waals surface area contributed by atoms with Gasteiger partial charge in [0.2, 0.25) is 0 Å². The van der Waals surface area contributed by atoms with E-state index in [0.717, 1.165) is 5.75 Å². The van der Waals surface area contributed by atoms with Crippen LogP contribution in [0.3, 0.4) is 0 Å². The zero-order valence-corrected chi connectivity index (χ0v) is 8.71. The molecular formula is C8H9N3O3S. The molecule has 1 aliphatic rings. The summed E-state index contributed by atoms with van der Waals surface area (Å²) < 4.78 is 23.9. The summed E-state index contributed by atoms with van der Waals surface area (Å²) in [6.45, 7) is 0. The van der Waals surface area contributed by atoms with E-state index >= 15 is 0 Å². The molecule has 6 nitrogen and oxygen atoms in total. The molecule has 2 N–H and O–H groups in total. The van der Waals surface area contributed by atoms with Crippen LogP contribution in [0.15, 0.2) is 24.3 Å². The summed E-state index contributed by atoms with van der Waals surface area (Å²) in [5, 5.41) is 8.45. The second kappa shape index (κ2) is 4.75. The lowest BCUT2D eigenvalue weighted by atomic mass is 10.2. The number of benzene rings is 1. The smallest absolute Gasteiger partial charge is 0.304 e. The van der Waals surface area contributed by atoms with Crippen LogP contribution in [0.1, 0.15) is 5.56 Å². The molecule has 80 valence electrons. The molecule has 0 unspecified atom stereocenters. The first kappa shape index (κ1) is 11.5. The standard InChI is InChI=1S/C8H7NO.H2N2O2S/c1-10-8-4-2-3-7(5-8)6-9;3-5(4)1-2-5/h2-5H,1H3;1-2H. The fraction of sp³-hybridized carbons (Fsp3) is 0.125. The fourth-order valence-corrected chi connectivity index (χ4v) is 0.999. The molecule has 0 radical (unpaired) electrons. The van der Waals surface area contributed by atoms with Crippen LogP contribution in [-0.4, -0.2) is 15.5 Å². The number of hydrazine groups is 1. The van der Waals surface area contributed by atoms with Crippen molar-refractivity contribution in [2.45, 2.75) is 0 Å². The Morgan fingerprint density at radius 3 is 2.40 bits per heavy atom. The summed E-state index contributed by atoms with van der Waals surface area (Å²) in [5.41, 5.74) is 0.624. The van der Waals surface area contributed by atoms with Gasteiger partial charge in [-0.15, -0.1) is 9.66 Å². The Morgan fingerprint density at radius 1 is 1.40 bits per heavy atom. The van der Waals surface area contributed by atoms with Gasteiger partial charge in [-0.3, -0.25) is 0 Å². The van der Waals surface area contributed by atoms with Crippen molar-refractivity contribution in [1.29, 1.82) is 5.26 Å². The number of nitriles is 1. The molecule has 15 heavy (non-hydrogen) atoms. The Labute approximate surface area is 87.6 Å². The van der Waals surface area contributed by atoms with Crippen molar-refractivity contribution in [3.8, 4) is 11.8 Å². The molecule has 1 heterocycles. The number of rotatable bonds is 1. The molecule has 0 saturated carbocycles. The maximum absolute atomic E-state index is 9.52. The van der Waals surface area contributed by atoms with Crippen molar-refractivity contribution in [3.05, 3.63) is 29.8 Å². The van der Waals surface area contributed by atoms with Gasteiger partial charge in [-0.2, -0.15) is 13.7 Å². The van der Waals surface area contributed by atoms with Gasteiger partial charge >= 0.3 is 10.2 Å². The fourth-order valence-electron chi connectivity index (χ4n) is 0.727. The third-order valence-corrected chi connectivity index (χ3v) is 2.01. The highest BCUT2D eigenvalue weighted by atomic mass is 32.2. The summed E-state index contributed by atoms with van der Waals surface area (Å²) in [4.78, 5) is 3.79. The number of nitrogens with one attached hydrogen (secondary N) is 2. The Morgan fingerprint density at radius 2 is 2.00 bits per heavy atom. The molecule has 0 atom stereocenters. The van der Waals surface area contributed by atoms with Crippen molar-refractivity contribution in [2.24, 2.45) is 0 Å². The first-order chi connectivity index (χ1) is 7.07. The second-order valence-electron chi connectivity index (χ2n) is 2.55. The molecule has 0 aliphatic carbocycles. The summed E-state index contributed by atoms with van der Waals surface area (Å²) in [5.74, 6) is 0.721. The maximum atomic E-state index is 9.52. The minimum Gasteiger partial charge on any atom is -0.497 e. The highest BCUT2D eigenvalue weighted by Gasteiger charge is 2.22. The predicted molar refractivity (Wildman–Crippen MR) is 52.9 cm³/mol. The highest BCUT2D eigenvalue weighted by Crippen LogP contribution is 2.10. The van der Waals surface area contributed by atoms with Crippen LogP contribution < -0.4 is 14.4 Å². The molecule has 1 aromatic rings. The summed E-state index contributed by atoms with van der Waals surface area (Å²) >= 11 is 0. The Bertz CT molecular complexity index is 468. The van der Waals surface area contributed by atoms with E-state index in [0.29, 0.717) is 5.56 Å². The molecule has 1 fully saturated rings. The SMILES string of the molecule is COc1cccc(C#N)c1.O=S1(=O)NN1. The number of methoxy groups -OCH3 is 1. The third-order valence-electron chi connectivity index (χ3n) is 1.47. The summed E-state index contributed by atoms with van der Waals surface area (Å²) in [6.07, 6.45) is 0. The van der Waals surface area contributed by atoms with E-state index in [1.54, 1.807) is 31.4 Å². The lowest BCUT2D eigenvalue weighted by Gasteiger charge is -1.96. The van der Waals surface area contributed by atoms with Gasteiger partial charge in [0.15, 0.2) is 0 Å². The molecule has 1 saturated heterocycles. The van der Waals surface area contributed by atoms with Crippen LogP contribution in [0, 0.1) is 11.3 Å². The maximum Gasteiger partial charge on any atom is 0.304 e. The molecule has 0 bridgehead atoms. The quantitative estimate of drug-likeness (QED) is 0.653. The predicted octanol–water partition coefficient (Wildman–Crippen LogP) is -0.0941. The van der Waals surface area contributed by atoms with Crippen molar-refractivity contribution in [1.82, 2.24) is 9.66 Å². The van der Waals surface area contributed by atoms with E-state index in [9.17, 15) is 8.42 Å². The van der Waals surface area contributed by atoms with Crippen LogP contribution in [0.2, 0.25) is 0 Å². The van der Waals surface area contributed by atoms with Crippen LogP contribution in [0.4, 0.5) is 0 Å². The van der Waals surface area contributed by atoms with Gasteiger partial charge in [0.1, 0.15) is 5.75 Å². The van der Waals surface area contributed by atoms with Gasteiger partial charge in [0.25, 0.3) is 0 Å². The molecule has 7 heteroatoms. The topological polar surface area (TPSA) is 111 Å². The van der Waals surface area contributed by atoms with Gasteiger partial charge < -0.3 is 4.74 Å². The second-order valence-corrected chi connectivity index (χ2v) is 3.97. The Hall–Kier alpha value is -1.62. The van der Waals surface area contributed by atoms with E-state index in [-0.39, 0.29) is 0 Å². The largest absolute Gasteiger partial charge is 0.497 e. The van der Waals surface area contributed by atoms with Crippen LogP contribution in [0.25, 0.3) is 0 Å². The van der Waals surface area contributed by atoms with Crippen molar-refractivity contribution >= 4 is 10.2 Å². The number of ether oxygens (including phenoxy) is 1. The average molecular weight is 227 g/mol. The molecule has 0 aromatic heterocycles. The van der Waals surface area contributed by atoms with E-state index in [2.05, 4.69) is 0 Å². The Balaban J connectivity index is 0.000000187. The number of nitrogens with zero attached hydrogens (tertiary/aromatic N) is 1. The minimum absolute atomic E-state index is 0.624. The molecule has 2 rings (SSSR count). The van der Waals surface area contributed by atoms with Crippen molar-refractivity contribution in [3.63, 3.8) is 0 Å². The number of hydrogen-bond donors (Lipinski definition) is 2. The highest BCUT2D eigenvalue weighted by molar-refractivity contribution is 7.93. The van der Waals surface area contributed by atoms with Gasteiger partial charge in [-0.05, 0) is 18.2 Å². The zero-order chi connectivity index (χ0) is 11.3. The molecular weight excluding hydrogens is 218 g/mol. The molecule has 1 aromatic carbocycles.